The summed E-state index contributed by atoms with van der Waals surface area (Å²) in [6.45, 7) is 1.75. The van der Waals surface area contributed by atoms with Gasteiger partial charge in [0.15, 0.2) is 0 Å². The van der Waals surface area contributed by atoms with Gasteiger partial charge in [0.1, 0.15) is 11.6 Å². The number of nitrogen functional groups attached to an aromatic ring is 1. The van der Waals surface area contributed by atoms with E-state index >= 15 is 0 Å². The van der Waals surface area contributed by atoms with E-state index in [2.05, 4.69) is 4.72 Å². The fourth-order valence-corrected chi connectivity index (χ4v) is 2.94. The Morgan fingerprint density at radius 3 is 2.48 bits per heavy atom. The second-order valence-electron chi connectivity index (χ2n) is 4.47. The van der Waals surface area contributed by atoms with E-state index in [1.54, 1.807) is 25.1 Å². The molecule has 0 atom stereocenters. The van der Waals surface area contributed by atoms with E-state index < -0.39 is 15.8 Å². The summed E-state index contributed by atoms with van der Waals surface area (Å²) in [6, 6.07) is 8.20. The van der Waals surface area contributed by atoms with Crippen LogP contribution in [0.25, 0.3) is 0 Å². The number of ether oxygens (including phenoxy) is 1. The molecule has 0 heterocycles. The molecule has 0 saturated heterocycles. The van der Waals surface area contributed by atoms with Crippen molar-refractivity contribution >= 4 is 21.4 Å². The molecule has 21 heavy (non-hydrogen) atoms. The molecule has 0 amide bonds. The lowest BCUT2D eigenvalue weighted by Gasteiger charge is -2.12. The molecule has 0 spiro atoms. The van der Waals surface area contributed by atoms with Gasteiger partial charge in [-0.3, -0.25) is 4.72 Å². The summed E-state index contributed by atoms with van der Waals surface area (Å²) in [7, 11) is -2.30. The van der Waals surface area contributed by atoms with E-state index in [4.69, 9.17) is 10.5 Å². The van der Waals surface area contributed by atoms with E-state index in [0.29, 0.717) is 17.0 Å². The molecule has 0 bridgehead atoms. The fourth-order valence-electron chi connectivity index (χ4n) is 1.77. The van der Waals surface area contributed by atoms with Crippen molar-refractivity contribution in [3.8, 4) is 5.75 Å². The minimum atomic E-state index is -3.83. The highest BCUT2D eigenvalue weighted by Gasteiger charge is 2.16. The Balaban J connectivity index is 2.35. The monoisotopic (exact) mass is 310 g/mol. The van der Waals surface area contributed by atoms with Crippen LogP contribution >= 0.6 is 0 Å². The molecule has 2 aromatic rings. The third-order valence-electron chi connectivity index (χ3n) is 2.96. The lowest BCUT2D eigenvalue weighted by molar-refractivity contribution is 0.414. The second kappa shape index (κ2) is 5.61. The maximum absolute atomic E-state index is 13.1. The molecule has 0 radical (unpaired) electrons. The highest BCUT2D eigenvalue weighted by molar-refractivity contribution is 7.92. The number of nitrogens with two attached hydrogens (primary N) is 1. The van der Waals surface area contributed by atoms with E-state index in [0.717, 1.165) is 18.2 Å². The first-order valence-electron chi connectivity index (χ1n) is 6.06. The van der Waals surface area contributed by atoms with Crippen LogP contribution in [0.2, 0.25) is 0 Å². The van der Waals surface area contributed by atoms with Crippen molar-refractivity contribution in [2.75, 3.05) is 17.6 Å². The van der Waals surface area contributed by atoms with Crippen LogP contribution in [0.4, 0.5) is 15.8 Å². The molecule has 112 valence electrons. The van der Waals surface area contributed by atoms with Gasteiger partial charge in [-0.1, -0.05) is 0 Å². The van der Waals surface area contributed by atoms with E-state index in [-0.39, 0.29) is 10.6 Å². The van der Waals surface area contributed by atoms with Crippen LogP contribution in [0, 0.1) is 12.7 Å². The number of benzene rings is 2. The standard InChI is InChI=1S/C14H15FN2O3S/c1-9-7-10(20-2)3-6-14(9)17-21(18,19)11-4-5-12(15)13(16)8-11/h3-8,17H,16H2,1-2H3. The first-order chi connectivity index (χ1) is 9.83. The number of sulfonamides is 1. The molecular weight excluding hydrogens is 295 g/mol. The van der Waals surface area contributed by atoms with Crippen LogP contribution in [0.1, 0.15) is 5.56 Å². The Hall–Kier alpha value is -2.28. The van der Waals surface area contributed by atoms with Crippen molar-refractivity contribution in [3.63, 3.8) is 0 Å². The zero-order valence-electron chi connectivity index (χ0n) is 11.6. The Kier molecular flexibility index (Phi) is 4.04. The largest absolute Gasteiger partial charge is 0.497 e. The summed E-state index contributed by atoms with van der Waals surface area (Å²) >= 11 is 0. The van der Waals surface area contributed by atoms with E-state index in [9.17, 15) is 12.8 Å². The average Bonchev–Trinajstić information content (AvgIpc) is 2.43. The maximum atomic E-state index is 13.1. The molecule has 5 nitrogen and oxygen atoms in total. The molecule has 3 N–H and O–H groups in total. The van der Waals surface area contributed by atoms with Gasteiger partial charge in [0.25, 0.3) is 10.0 Å². The Morgan fingerprint density at radius 2 is 1.90 bits per heavy atom. The van der Waals surface area contributed by atoms with E-state index in [1.807, 2.05) is 0 Å². The summed E-state index contributed by atoms with van der Waals surface area (Å²) in [5, 5.41) is 0. The van der Waals surface area contributed by atoms with Crippen LogP contribution in [0.3, 0.4) is 0 Å². The molecule has 2 rings (SSSR count). The summed E-state index contributed by atoms with van der Waals surface area (Å²) in [5.74, 6) is -0.0314. The number of anilines is 2. The van der Waals surface area contributed by atoms with E-state index in [1.165, 1.54) is 7.11 Å². The van der Waals surface area contributed by atoms with Crippen molar-refractivity contribution in [1.82, 2.24) is 0 Å². The molecule has 0 aliphatic rings. The lowest BCUT2D eigenvalue weighted by atomic mass is 10.2. The molecule has 0 unspecified atom stereocenters. The summed E-state index contributed by atoms with van der Waals surface area (Å²) < 4.78 is 45.1. The van der Waals surface area contributed by atoms with Gasteiger partial charge in [-0.25, -0.2) is 12.8 Å². The first-order valence-corrected chi connectivity index (χ1v) is 7.54. The van der Waals surface area contributed by atoms with Gasteiger partial charge in [0, 0.05) is 0 Å². The van der Waals surface area contributed by atoms with Gasteiger partial charge in [0.05, 0.1) is 23.4 Å². The SMILES string of the molecule is COc1ccc(NS(=O)(=O)c2ccc(F)c(N)c2)c(C)c1. The van der Waals surface area contributed by atoms with Crippen molar-refractivity contribution in [1.29, 1.82) is 0 Å². The molecular formula is C14H15FN2O3S. The molecule has 0 aromatic heterocycles. The number of hydrogen-bond acceptors (Lipinski definition) is 4. The van der Waals surface area contributed by atoms with Gasteiger partial charge in [0.2, 0.25) is 0 Å². The number of aryl methyl sites for hydroxylation is 1. The number of halogens is 1. The molecule has 0 saturated carbocycles. The van der Waals surface area contributed by atoms with Crippen LogP contribution < -0.4 is 15.2 Å². The van der Waals surface area contributed by atoms with Gasteiger partial charge < -0.3 is 10.5 Å². The topological polar surface area (TPSA) is 81.4 Å². The summed E-state index contributed by atoms with van der Waals surface area (Å²) in [5.41, 5.74) is 6.29. The minimum Gasteiger partial charge on any atom is -0.497 e. The summed E-state index contributed by atoms with van der Waals surface area (Å²) in [6.07, 6.45) is 0. The van der Waals surface area contributed by atoms with Gasteiger partial charge >= 0.3 is 0 Å². The Morgan fingerprint density at radius 1 is 1.19 bits per heavy atom. The quantitative estimate of drug-likeness (QED) is 0.850. The van der Waals surface area contributed by atoms with Crippen LogP contribution in [-0.2, 0) is 10.0 Å². The van der Waals surface area contributed by atoms with Gasteiger partial charge in [-0.15, -0.1) is 0 Å². The lowest BCUT2D eigenvalue weighted by Crippen LogP contribution is -2.14. The molecule has 0 aliphatic heterocycles. The third kappa shape index (κ3) is 3.25. The Labute approximate surface area is 122 Å². The van der Waals surface area contributed by atoms with Crippen LogP contribution in [-0.4, -0.2) is 15.5 Å². The molecule has 0 fully saturated rings. The minimum absolute atomic E-state index is 0.100. The maximum Gasteiger partial charge on any atom is 0.261 e. The van der Waals surface area contributed by atoms with Crippen molar-refractivity contribution < 1.29 is 17.5 Å². The molecule has 7 heteroatoms. The van der Waals surface area contributed by atoms with Gasteiger partial charge in [-0.05, 0) is 48.9 Å². The zero-order valence-corrected chi connectivity index (χ0v) is 12.4. The van der Waals surface area contributed by atoms with Crippen LogP contribution in [0.5, 0.6) is 5.75 Å². The zero-order chi connectivity index (χ0) is 15.6. The summed E-state index contributed by atoms with van der Waals surface area (Å²) in [4.78, 5) is -0.100. The highest BCUT2D eigenvalue weighted by Crippen LogP contribution is 2.25. The number of nitrogens with one attached hydrogen (secondary N) is 1. The smallest absolute Gasteiger partial charge is 0.261 e. The van der Waals surface area contributed by atoms with Crippen molar-refractivity contribution in [3.05, 3.63) is 47.8 Å². The average molecular weight is 310 g/mol. The van der Waals surface area contributed by atoms with Crippen molar-refractivity contribution in [2.24, 2.45) is 0 Å². The number of rotatable bonds is 4. The Bertz CT molecular complexity index is 776. The third-order valence-corrected chi connectivity index (χ3v) is 4.32. The number of hydrogen-bond donors (Lipinski definition) is 2. The fraction of sp³-hybridized carbons (Fsp3) is 0.143. The van der Waals surface area contributed by atoms with Gasteiger partial charge in [-0.2, -0.15) is 0 Å². The molecule has 2 aromatic carbocycles. The highest BCUT2D eigenvalue weighted by atomic mass is 32.2. The van der Waals surface area contributed by atoms with Crippen LogP contribution in [0.15, 0.2) is 41.3 Å². The predicted octanol–water partition coefficient (Wildman–Crippen LogP) is 2.53. The number of methoxy groups -OCH3 is 1. The molecule has 0 aliphatic carbocycles. The first kappa shape index (κ1) is 15.1. The van der Waals surface area contributed by atoms with Crippen molar-refractivity contribution in [2.45, 2.75) is 11.8 Å². The second-order valence-corrected chi connectivity index (χ2v) is 6.15. The normalized spacial score (nSPS) is 11.2. The predicted molar refractivity (Wildman–Crippen MR) is 79.4 cm³/mol.